The van der Waals surface area contributed by atoms with Gasteiger partial charge in [-0.1, -0.05) is 12.8 Å². The first kappa shape index (κ1) is 12.7. The molecule has 0 bridgehead atoms. The molecule has 5 nitrogen and oxygen atoms in total. The van der Waals surface area contributed by atoms with Crippen molar-refractivity contribution < 1.29 is 5.11 Å². The first-order valence-corrected chi connectivity index (χ1v) is 7.14. The standard InChI is InChI=1S/C14H22N4O/c1-10-12(15)16-9-17-13(10)18-7-6-14(19)5-3-2-4-11(14)8-18/h9,11,19H,2-8H2,1H3,(H2,15,16,17). The fourth-order valence-corrected chi connectivity index (χ4v) is 3.54. The lowest BCUT2D eigenvalue weighted by Crippen LogP contribution is -2.53. The van der Waals surface area contributed by atoms with Crippen molar-refractivity contribution in [2.45, 2.75) is 44.6 Å². The Morgan fingerprint density at radius 2 is 2.21 bits per heavy atom. The number of nitrogen functional groups attached to an aromatic ring is 1. The molecule has 104 valence electrons. The van der Waals surface area contributed by atoms with Gasteiger partial charge in [0, 0.05) is 24.6 Å². The smallest absolute Gasteiger partial charge is 0.137 e. The number of anilines is 2. The van der Waals surface area contributed by atoms with Gasteiger partial charge >= 0.3 is 0 Å². The fourth-order valence-electron chi connectivity index (χ4n) is 3.54. The van der Waals surface area contributed by atoms with Gasteiger partial charge in [-0.3, -0.25) is 0 Å². The van der Waals surface area contributed by atoms with Crippen LogP contribution in [0.4, 0.5) is 11.6 Å². The maximum Gasteiger partial charge on any atom is 0.137 e. The lowest BCUT2D eigenvalue weighted by Gasteiger charge is -2.48. The Bertz CT molecular complexity index is 479. The van der Waals surface area contributed by atoms with Gasteiger partial charge in [0.25, 0.3) is 0 Å². The number of hydrogen-bond donors (Lipinski definition) is 2. The zero-order valence-corrected chi connectivity index (χ0v) is 11.5. The molecule has 1 aliphatic carbocycles. The van der Waals surface area contributed by atoms with E-state index in [2.05, 4.69) is 14.9 Å². The van der Waals surface area contributed by atoms with Gasteiger partial charge in [-0.2, -0.15) is 0 Å². The van der Waals surface area contributed by atoms with E-state index in [4.69, 9.17) is 5.73 Å². The van der Waals surface area contributed by atoms with Gasteiger partial charge in [-0.25, -0.2) is 9.97 Å². The molecular weight excluding hydrogens is 240 g/mol. The summed E-state index contributed by atoms with van der Waals surface area (Å²) in [6.07, 6.45) is 6.82. The summed E-state index contributed by atoms with van der Waals surface area (Å²) >= 11 is 0. The van der Waals surface area contributed by atoms with Crippen LogP contribution in [0, 0.1) is 12.8 Å². The maximum absolute atomic E-state index is 10.7. The number of fused-ring (bicyclic) bond motifs is 1. The second-order valence-electron chi connectivity index (χ2n) is 5.95. The molecule has 0 amide bonds. The van der Waals surface area contributed by atoms with E-state index in [9.17, 15) is 5.11 Å². The van der Waals surface area contributed by atoms with Crippen molar-refractivity contribution in [1.82, 2.24) is 9.97 Å². The van der Waals surface area contributed by atoms with Gasteiger partial charge in [0.1, 0.15) is 18.0 Å². The van der Waals surface area contributed by atoms with Crippen LogP contribution in [-0.4, -0.2) is 33.8 Å². The molecule has 1 aromatic rings. The highest BCUT2D eigenvalue weighted by Gasteiger charge is 2.43. The molecular formula is C14H22N4O. The number of piperidine rings is 1. The molecule has 2 aliphatic rings. The molecule has 19 heavy (non-hydrogen) atoms. The molecule has 0 aromatic carbocycles. The Kier molecular flexibility index (Phi) is 3.09. The van der Waals surface area contributed by atoms with E-state index < -0.39 is 5.60 Å². The molecule has 1 saturated heterocycles. The first-order chi connectivity index (χ1) is 9.10. The number of aliphatic hydroxyl groups is 1. The predicted octanol–water partition coefficient (Wildman–Crippen LogP) is 1.50. The molecule has 5 heteroatoms. The lowest BCUT2D eigenvalue weighted by molar-refractivity contribution is -0.0613. The second kappa shape index (κ2) is 4.63. The van der Waals surface area contributed by atoms with Crippen LogP contribution >= 0.6 is 0 Å². The quantitative estimate of drug-likeness (QED) is 0.802. The van der Waals surface area contributed by atoms with Crippen molar-refractivity contribution in [3.05, 3.63) is 11.9 Å². The summed E-state index contributed by atoms with van der Waals surface area (Å²) in [7, 11) is 0. The van der Waals surface area contributed by atoms with E-state index in [1.807, 2.05) is 6.92 Å². The highest BCUT2D eigenvalue weighted by atomic mass is 16.3. The minimum atomic E-state index is -0.443. The van der Waals surface area contributed by atoms with Crippen LogP contribution in [0.1, 0.15) is 37.7 Å². The van der Waals surface area contributed by atoms with Crippen molar-refractivity contribution in [2.24, 2.45) is 5.92 Å². The molecule has 2 unspecified atom stereocenters. The summed E-state index contributed by atoms with van der Waals surface area (Å²) in [6, 6.07) is 0. The van der Waals surface area contributed by atoms with Crippen LogP contribution in [-0.2, 0) is 0 Å². The molecule has 3 rings (SSSR count). The average Bonchev–Trinajstić information content (AvgIpc) is 2.41. The minimum absolute atomic E-state index is 0.366. The summed E-state index contributed by atoms with van der Waals surface area (Å²) in [6.45, 7) is 3.70. The number of nitrogens with zero attached hydrogens (tertiary/aromatic N) is 3. The van der Waals surface area contributed by atoms with E-state index in [0.717, 1.165) is 50.2 Å². The summed E-state index contributed by atoms with van der Waals surface area (Å²) < 4.78 is 0. The summed E-state index contributed by atoms with van der Waals surface area (Å²) in [5.74, 6) is 1.85. The fraction of sp³-hybridized carbons (Fsp3) is 0.714. The van der Waals surface area contributed by atoms with E-state index in [-0.39, 0.29) is 0 Å². The van der Waals surface area contributed by atoms with Crippen LogP contribution in [0.2, 0.25) is 0 Å². The average molecular weight is 262 g/mol. The highest BCUT2D eigenvalue weighted by Crippen LogP contribution is 2.41. The van der Waals surface area contributed by atoms with Crippen LogP contribution < -0.4 is 10.6 Å². The topological polar surface area (TPSA) is 75.3 Å². The van der Waals surface area contributed by atoms with Crippen molar-refractivity contribution in [3.8, 4) is 0 Å². The van der Waals surface area contributed by atoms with Crippen molar-refractivity contribution >= 4 is 11.6 Å². The van der Waals surface area contributed by atoms with E-state index in [1.54, 1.807) is 0 Å². The van der Waals surface area contributed by atoms with Crippen molar-refractivity contribution in [1.29, 1.82) is 0 Å². The van der Waals surface area contributed by atoms with Gasteiger partial charge in [0.05, 0.1) is 5.60 Å². The van der Waals surface area contributed by atoms with Gasteiger partial charge in [-0.05, 0) is 26.2 Å². The first-order valence-electron chi connectivity index (χ1n) is 7.14. The molecule has 2 heterocycles. The van der Waals surface area contributed by atoms with Gasteiger partial charge < -0.3 is 15.7 Å². The zero-order chi connectivity index (χ0) is 13.5. The molecule has 2 fully saturated rings. The van der Waals surface area contributed by atoms with Crippen LogP contribution in [0.5, 0.6) is 0 Å². The molecule has 1 saturated carbocycles. The molecule has 0 radical (unpaired) electrons. The summed E-state index contributed by atoms with van der Waals surface area (Å²) in [5.41, 5.74) is 6.36. The Labute approximate surface area is 113 Å². The van der Waals surface area contributed by atoms with Crippen LogP contribution in [0.25, 0.3) is 0 Å². The Balaban J connectivity index is 1.83. The highest BCUT2D eigenvalue weighted by molar-refractivity contribution is 5.56. The molecule has 1 aromatic heterocycles. The Hall–Kier alpha value is -1.36. The maximum atomic E-state index is 10.7. The SMILES string of the molecule is Cc1c(N)ncnc1N1CCC2(O)CCCCC2C1. The Morgan fingerprint density at radius 3 is 3.05 bits per heavy atom. The van der Waals surface area contributed by atoms with E-state index >= 15 is 0 Å². The summed E-state index contributed by atoms with van der Waals surface area (Å²) in [4.78, 5) is 10.7. The lowest BCUT2D eigenvalue weighted by atomic mass is 9.71. The zero-order valence-electron chi connectivity index (χ0n) is 11.5. The van der Waals surface area contributed by atoms with Gasteiger partial charge in [-0.15, -0.1) is 0 Å². The number of rotatable bonds is 1. The van der Waals surface area contributed by atoms with E-state index in [1.165, 1.54) is 12.7 Å². The molecule has 3 N–H and O–H groups in total. The molecule has 2 atom stereocenters. The largest absolute Gasteiger partial charge is 0.389 e. The third-order valence-corrected chi connectivity index (χ3v) is 4.82. The van der Waals surface area contributed by atoms with Crippen LogP contribution in [0.15, 0.2) is 6.33 Å². The van der Waals surface area contributed by atoms with Gasteiger partial charge in [0.2, 0.25) is 0 Å². The molecule has 0 spiro atoms. The number of nitrogens with two attached hydrogens (primary N) is 1. The normalized spacial score (nSPS) is 31.1. The predicted molar refractivity (Wildman–Crippen MR) is 74.9 cm³/mol. The van der Waals surface area contributed by atoms with Gasteiger partial charge in [0.15, 0.2) is 0 Å². The third kappa shape index (κ3) is 2.16. The van der Waals surface area contributed by atoms with Crippen LogP contribution in [0.3, 0.4) is 0 Å². The van der Waals surface area contributed by atoms with E-state index in [0.29, 0.717) is 11.7 Å². The second-order valence-corrected chi connectivity index (χ2v) is 5.95. The minimum Gasteiger partial charge on any atom is -0.389 e. The number of aromatic nitrogens is 2. The third-order valence-electron chi connectivity index (χ3n) is 4.82. The summed E-state index contributed by atoms with van der Waals surface area (Å²) in [5, 5.41) is 10.7. The van der Waals surface area contributed by atoms with Crippen molar-refractivity contribution in [3.63, 3.8) is 0 Å². The molecule has 1 aliphatic heterocycles. The number of hydrogen-bond acceptors (Lipinski definition) is 5. The Morgan fingerprint density at radius 1 is 1.37 bits per heavy atom. The monoisotopic (exact) mass is 262 g/mol. The van der Waals surface area contributed by atoms with Crippen molar-refractivity contribution in [2.75, 3.05) is 23.7 Å².